The molecule has 0 fully saturated rings. The van der Waals surface area contributed by atoms with Crippen LogP contribution in [0.5, 0.6) is 5.75 Å². The van der Waals surface area contributed by atoms with E-state index < -0.39 is 0 Å². The van der Waals surface area contributed by atoms with Crippen molar-refractivity contribution in [3.63, 3.8) is 0 Å². The van der Waals surface area contributed by atoms with Crippen molar-refractivity contribution in [1.82, 2.24) is 0 Å². The molecule has 2 N–H and O–H groups in total. The van der Waals surface area contributed by atoms with Crippen molar-refractivity contribution >= 4 is 22.7 Å². The number of rotatable bonds is 10. The highest BCUT2D eigenvalue weighted by Gasteiger charge is 2.14. The molecule has 0 aromatic heterocycles. The summed E-state index contributed by atoms with van der Waals surface area (Å²) >= 11 is 6.22. The summed E-state index contributed by atoms with van der Waals surface area (Å²) in [5.41, 5.74) is 11.7. The third kappa shape index (κ3) is 6.49. The molecule has 0 radical (unpaired) electrons. The average Bonchev–Trinajstić information content (AvgIpc) is 2.83. The molecule has 1 unspecified atom stereocenters. The maximum Gasteiger partial charge on any atom is 0.119 e. The van der Waals surface area contributed by atoms with E-state index in [0.29, 0.717) is 12.5 Å². The molecule has 3 aromatic rings. The lowest BCUT2D eigenvalue weighted by molar-refractivity contribution is 0.305. The third-order valence-electron chi connectivity index (χ3n) is 5.12. The normalized spacial score (nSPS) is 12.5. The minimum absolute atomic E-state index is 0.206. The molecule has 0 amide bonds. The van der Waals surface area contributed by atoms with Gasteiger partial charge in [0.05, 0.1) is 12.6 Å². The van der Waals surface area contributed by atoms with Crippen molar-refractivity contribution in [3.05, 3.63) is 102 Å². The molecule has 31 heavy (non-hydrogen) atoms. The summed E-state index contributed by atoms with van der Waals surface area (Å²) in [6.07, 6.45) is 7.69. The van der Waals surface area contributed by atoms with Gasteiger partial charge in [-0.2, -0.15) is 0 Å². The van der Waals surface area contributed by atoms with Gasteiger partial charge in [0.15, 0.2) is 0 Å². The highest BCUT2D eigenvalue weighted by molar-refractivity contribution is 6.18. The van der Waals surface area contributed by atoms with Crippen LogP contribution in [0.4, 0.5) is 0 Å². The minimum Gasteiger partial charge on any atom is -0.494 e. The smallest absolute Gasteiger partial charge is 0.119 e. The fourth-order valence-corrected chi connectivity index (χ4v) is 3.75. The molecule has 3 heteroatoms. The van der Waals surface area contributed by atoms with Crippen LogP contribution in [-0.4, -0.2) is 18.5 Å². The second-order valence-electron chi connectivity index (χ2n) is 7.31. The molecule has 3 rings (SSSR count). The first-order valence-corrected chi connectivity index (χ1v) is 11.1. The lowest BCUT2D eigenvalue weighted by Gasteiger charge is -2.17. The number of alkyl halides is 1. The Hall–Kier alpha value is -2.99. The molecule has 0 saturated carbocycles. The lowest BCUT2D eigenvalue weighted by atomic mass is 9.88. The van der Waals surface area contributed by atoms with E-state index in [4.69, 9.17) is 28.5 Å². The van der Waals surface area contributed by atoms with Crippen LogP contribution in [0.15, 0.2) is 84.9 Å². The summed E-state index contributed by atoms with van der Waals surface area (Å²) < 4.78 is 5.87. The topological polar surface area (TPSA) is 35.2 Å². The van der Waals surface area contributed by atoms with Crippen LogP contribution in [0.2, 0.25) is 0 Å². The number of terminal acetylenes is 1. The van der Waals surface area contributed by atoms with Crippen LogP contribution in [-0.2, 0) is 0 Å². The Kier molecular flexibility index (Phi) is 8.79. The van der Waals surface area contributed by atoms with E-state index in [-0.39, 0.29) is 6.04 Å². The molecule has 158 valence electrons. The van der Waals surface area contributed by atoms with Gasteiger partial charge >= 0.3 is 0 Å². The van der Waals surface area contributed by atoms with Crippen LogP contribution in [0.25, 0.3) is 11.1 Å². The molecule has 0 bridgehead atoms. The molecule has 1 atom stereocenters. The molecule has 0 aliphatic heterocycles. The summed E-state index contributed by atoms with van der Waals surface area (Å²) in [7, 11) is 0. The summed E-state index contributed by atoms with van der Waals surface area (Å²) in [6.45, 7) is 0.595. The van der Waals surface area contributed by atoms with E-state index in [2.05, 4.69) is 66.6 Å². The summed E-state index contributed by atoms with van der Waals surface area (Å²) in [5, 5.41) is 0. The van der Waals surface area contributed by atoms with Crippen molar-refractivity contribution in [2.24, 2.45) is 5.73 Å². The number of halogens is 1. The predicted octanol–water partition coefficient (Wildman–Crippen LogP) is 6.39. The highest BCUT2D eigenvalue weighted by Crippen LogP contribution is 2.35. The maximum atomic E-state index is 6.22. The van der Waals surface area contributed by atoms with Crippen LogP contribution >= 0.6 is 11.6 Å². The largest absolute Gasteiger partial charge is 0.494 e. The lowest BCUT2D eigenvalue weighted by Crippen LogP contribution is -2.17. The van der Waals surface area contributed by atoms with Crippen molar-refractivity contribution in [3.8, 4) is 18.1 Å². The fourth-order valence-electron chi connectivity index (χ4n) is 3.56. The molecule has 0 heterocycles. The SMILES string of the molecule is C#CC(N)CCCOc1ccc(C(=C(CCCl)c2ccccc2)c2ccccc2)cc1. The quantitative estimate of drug-likeness (QED) is 0.175. The molecule has 0 aliphatic rings. The highest BCUT2D eigenvalue weighted by atomic mass is 35.5. The van der Waals surface area contributed by atoms with E-state index in [1.165, 1.54) is 22.3 Å². The number of hydrogen-bond donors (Lipinski definition) is 1. The molecule has 3 aromatic carbocycles. The van der Waals surface area contributed by atoms with Crippen LogP contribution in [0, 0.1) is 12.3 Å². The van der Waals surface area contributed by atoms with Crippen molar-refractivity contribution in [2.45, 2.75) is 25.3 Å². The predicted molar refractivity (Wildman–Crippen MR) is 132 cm³/mol. The third-order valence-corrected chi connectivity index (χ3v) is 5.31. The summed E-state index contributed by atoms with van der Waals surface area (Å²) in [4.78, 5) is 0. The first-order chi connectivity index (χ1) is 15.2. The molecule has 0 spiro atoms. The second kappa shape index (κ2) is 12.0. The van der Waals surface area contributed by atoms with Gasteiger partial charge in [0, 0.05) is 5.88 Å². The zero-order valence-electron chi connectivity index (χ0n) is 17.6. The van der Waals surface area contributed by atoms with Gasteiger partial charge in [-0.15, -0.1) is 18.0 Å². The maximum absolute atomic E-state index is 6.22. The first kappa shape index (κ1) is 22.7. The molecule has 2 nitrogen and oxygen atoms in total. The summed E-state index contributed by atoms with van der Waals surface area (Å²) in [6, 6.07) is 29.0. The van der Waals surface area contributed by atoms with Crippen LogP contribution in [0.3, 0.4) is 0 Å². The number of benzene rings is 3. The number of hydrogen-bond acceptors (Lipinski definition) is 2. The van der Waals surface area contributed by atoms with Gasteiger partial charge in [0.25, 0.3) is 0 Å². The Morgan fingerprint density at radius 2 is 1.45 bits per heavy atom. The van der Waals surface area contributed by atoms with Gasteiger partial charge in [-0.1, -0.05) is 78.7 Å². The van der Waals surface area contributed by atoms with Crippen LogP contribution in [0.1, 0.15) is 36.0 Å². The van der Waals surface area contributed by atoms with E-state index in [0.717, 1.165) is 30.6 Å². The average molecular weight is 430 g/mol. The Morgan fingerprint density at radius 1 is 0.871 bits per heavy atom. The minimum atomic E-state index is -0.206. The van der Waals surface area contributed by atoms with Gasteiger partial charge in [-0.05, 0) is 59.2 Å². The van der Waals surface area contributed by atoms with E-state index in [1.54, 1.807) is 0 Å². The van der Waals surface area contributed by atoms with Crippen molar-refractivity contribution < 1.29 is 4.74 Å². The Labute approximate surface area is 190 Å². The Morgan fingerprint density at radius 3 is 2.03 bits per heavy atom. The van der Waals surface area contributed by atoms with Gasteiger partial charge < -0.3 is 10.5 Å². The molecule has 0 saturated heterocycles. The van der Waals surface area contributed by atoms with E-state index >= 15 is 0 Å². The first-order valence-electron chi connectivity index (χ1n) is 10.6. The zero-order chi connectivity index (χ0) is 21.9. The number of ether oxygens (including phenoxy) is 1. The van der Waals surface area contributed by atoms with Crippen molar-refractivity contribution in [1.29, 1.82) is 0 Å². The Bertz CT molecular complexity index is 1000. The standard InChI is InChI=1S/C28H28ClNO/c1-2-25(30)14-9-21-31-26-17-15-24(16-18-26)28(23-12-7-4-8-13-23)27(19-20-29)22-10-5-3-6-11-22/h1,3-8,10-13,15-18,25H,9,14,19-21,30H2. The zero-order valence-corrected chi connectivity index (χ0v) is 18.4. The Balaban J connectivity index is 1.91. The monoisotopic (exact) mass is 429 g/mol. The van der Waals surface area contributed by atoms with E-state index in [1.807, 2.05) is 24.3 Å². The summed E-state index contributed by atoms with van der Waals surface area (Å²) in [5.74, 6) is 3.94. The van der Waals surface area contributed by atoms with Gasteiger partial charge in [0.1, 0.15) is 5.75 Å². The van der Waals surface area contributed by atoms with Gasteiger partial charge in [-0.3, -0.25) is 0 Å². The van der Waals surface area contributed by atoms with Gasteiger partial charge in [0.2, 0.25) is 0 Å². The molecular weight excluding hydrogens is 402 g/mol. The molecule has 0 aliphatic carbocycles. The van der Waals surface area contributed by atoms with E-state index in [9.17, 15) is 0 Å². The fraction of sp³-hybridized carbons (Fsp3) is 0.214. The van der Waals surface area contributed by atoms with Gasteiger partial charge in [-0.25, -0.2) is 0 Å². The van der Waals surface area contributed by atoms with Crippen LogP contribution < -0.4 is 10.5 Å². The second-order valence-corrected chi connectivity index (χ2v) is 7.69. The van der Waals surface area contributed by atoms with Crippen molar-refractivity contribution in [2.75, 3.05) is 12.5 Å². The number of allylic oxidation sites excluding steroid dienone is 1. The molecular formula is C28H28ClNO. The number of nitrogens with two attached hydrogens (primary N) is 1.